The van der Waals surface area contributed by atoms with E-state index in [1.54, 1.807) is 0 Å². The molecule has 0 saturated carbocycles. The monoisotopic (exact) mass is 350 g/mol. The van der Waals surface area contributed by atoms with Gasteiger partial charge in [0.05, 0.1) is 0 Å². The van der Waals surface area contributed by atoms with Crippen LogP contribution in [0.2, 0.25) is 0 Å². The Morgan fingerprint density at radius 2 is 1.25 bits per heavy atom. The number of phenolic OH excluding ortho intramolecular Hbond substituents is 3. The smallest absolute Gasteiger partial charge is 0.207 e. The van der Waals surface area contributed by atoms with E-state index in [-0.39, 0.29) is 0 Å². The normalized spacial score (nSPS) is 10.7. The second-order valence-electron chi connectivity index (χ2n) is 4.47. The van der Waals surface area contributed by atoms with Crippen LogP contribution in [0, 0.1) is 29.1 Å². The van der Waals surface area contributed by atoms with Crippen molar-refractivity contribution < 1.29 is 46.8 Å². The molecule has 0 unspecified atom stereocenters. The molecule has 0 heterocycles. The highest BCUT2D eigenvalue weighted by Gasteiger charge is 2.28. The van der Waals surface area contributed by atoms with Crippen LogP contribution >= 0.6 is 0 Å². The number of carbonyl (C=O) groups is 1. The summed E-state index contributed by atoms with van der Waals surface area (Å²) in [6.07, 6.45) is 0. The van der Waals surface area contributed by atoms with Crippen LogP contribution in [0.5, 0.6) is 23.0 Å². The zero-order chi connectivity index (χ0) is 18.2. The van der Waals surface area contributed by atoms with E-state index >= 15 is 0 Å². The molecule has 0 saturated heterocycles. The number of Topliss-reactive ketones (excluding diaryl/α,β-unsaturated/α-hetero) is 1. The Bertz CT molecular complexity index is 785. The summed E-state index contributed by atoms with van der Waals surface area (Å²) in [6, 6.07) is 1.37. The van der Waals surface area contributed by atoms with Crippen LogP contribution in [0.25, 0.3) is 0 Å². The summed E-state index contributed by atoms with van der Waals surface area (Å²) in [5.41, 5.74) is -0.767. The minimum absolute atomic E-state index is 0.581. The van der Waals surface area contributed by atoms with Crippen LogP contribution in [-0.2, 0) is 0 Å². The SMILES string of the molecule is O=C(COc1c(F)c(F)c(F)c(F)c1F)c1c(O)cc(O)cc1O. The molecule has 0 aromatic heterocycles. The molecule has 2 aromatic carbocycles. The number of benzene rings is 2. The molecule has 24 heavy (non-hydrogen) atoms. The Morgan fingerprint density at radius 1 is 0.833 bits per heavy atom. The van der Waals surface area contributed by atoms with Gasteiger partial charge in [-0.15, -0.1) is 0 Å². The third kappa shape index (κ3) is 2.90. The lowest BCUT2D eigenvalue weighted by Gasteiger charge is -2.11. The molecular formula is C14H7F5O5. The van der Waals surface area contributed by atoms with Crippen LogP contribution in [0.1, 0.15) is 10.4 Å². The number of hydrogen-bond donors (Lipinski definition) is 3. The van der Waals surface area contributed by atoms with Gasteiger partial charge in [0, 0.05) is 12.1 Å². The molecule has 2 aromatic rings. The molecule has 0 bridgehead atoms. The van der Waals surface area contributed by atoms with Crippen LogP contribution in [0.4, 0.5) is 22.0 Å². The number of hydrogen-bond acceptors (Lipinski definition) is 5. The molecule has 0 amide bonds. The van der Waals surface area contributed by atoms with Gasteiger partial charge < -0.3 is 20.1 Å². The molecule has 0 aliphatic carbocycles. The molecule has 2 rings (SSSR count). The van der Waals surface area contributed by atoms with Crippen molar-refractivity contribution >= 4 is 5.78 Å². The number of phenols is 3. The van der Waals surface area contributed by atoms with Gasteiger partial charge in [-0.25, -0.2) is 13.2 Å². The largest absolute Gasteiger partial charge is 0.508 e. The van der Waals surface area contributed by atoms with Gasteiger partial charge in [-0.1, -0.05) is 0 Å². The number of ketones is 1. The number of carbonyl (C=O) groups excluding carboxylic acids is 1. The summed E-state index contributed by atoms with van der Waals surface area (Å²) < 4.78 is 69.9. The van der Waals surface area contributed by atoms with E-state index in [1.807, 2.05) is 0 Å². The van der Waals surface area contributed by atoms with Gasteiger partial charge in [0.25, 0.3) is 0 Å². The summed E-state index contributed by atoms with van der Waals surface area (Å²) >= 11 is 0. The highest BCUT2D eigenvalue weighted by atomic mass is 19.2. The van der Waals surface area contributed by atoms with Crippen molar-refractivity contribution in [2.24, 2.45) is 0 Å². The lowest BCUT2D eigenvalue weighted by atomic mass is 10.1. The Kier molecular flexibility index (Phi) is 4.49. The first-order chi connectivity index (χ1) is 11.1. The number of aromatic hydroxyl groups is 3. The summed E-state index contributed by atoms with van der Waals surface area (Å²) in [5.74, 6) is -16.7. The van der Waals surface area contributed by atoms with Crippen molar-refractivity contribution in [3.63, 3.8) is 0 Å². The second kappa shape index (κ2) is 6.22. The Labute approximate surface area is 130 Å². The molecule has 0 aliphatic heterocycles. The van der Waals surface area contributed by atoms with E-state index in [0.29, 0.717) is 12.1 Å². The first-order valence-corrected chi connectivity index (χ1v) is 6.07. The quantitative estimate of drug-likeness (QED) is 0.342. The fourth-order valence-corrected chi connectivity index (χ4v) is 1.80. The summed E-state index contributed by atoms with van der Waals surface area (Å²) in [7, 11) is 0. The van der Waals surface area contributed by atoms with Crippen molar-refractivity contribution in [2.75, 3.05) is 6.61 Å². The van der Waals surface area contributed by atoms with Crippen molar-refractivity contribution in [3.8, 4) is 23.0 Å². The number of halogens is 5. The number of ether oxygens (including phenoxy) is 1. The molecule has 0 fully saturated rings. The van der Waals surface area contributed by atoms with Gasteiger partial charge in [0.1, 0.15) is 22.8 Å². The maximum absolute atomic E-state index is 13.4. The minimum atomic E-state index is -2.39. The molecule has 128 valence electrons. The van der Waals surface area contributed by atoms with Gasteiger partial charge in [-0.05, 0) is 0 Å². The molecule has 3 N–H and O–H groups in total. The molecule has 0 atom stereocenters. The van der Waals surface area contributed by atoms with Gasteiger partial charge in [0.2, 0.25) is 34.9 Å². The first kappa shape index (κ1) is 17.3. The van der Waals surface area contributed by atoms with Gasteiger partial charge in [-0.2, -0.15) is 8.78 Å². The average Bonchev–Trinajstić information content (AvgIpc) is 2.50. The maximum Gasteiger partial charge on any atom is 0.207 e. The summed E-state index contributed by atoms with van der Waals surface area (Å²) in [6.45, 7) is -1.26. The Morgan fingerprint density at radius 3 is 1.71 bits per heavy atom. The average molecular weight is 350 g/mol. The van der Waals surface area contributed by atoms with Crippen molar-refractivity contribution in [2.45, 2.75) is 0 Å². The summed E-state index contributed by atoms with van der Waals surface area (Å²) in [5, 5.41) is 28.0. The zero-order valence-corrected chi connectivity index (χ0v) is 11.4. The van der Waals surface area contributed by atoms with Crippen molar-refractivity contribution in [3.05, 3.63) is 46.8 Å². The van der Waals surface area contributed by atoms with Crippen LogP contribution < -0.4 is 4.74 Å². The summed E-state index contributed by atoms with van der Waals surface area (Å²) in [4.78, 5) is 11.8. The standard InChI is InChI=1S/C14H7F5O5/c15-9-10(16)12(18)14(13(19)11(9)17)24-3-7(23)8-5(21)1-4(20)2-6(8)22/h1-2,20-22H,3H2. The van der Waals surface area contributed by atoms with Gasteiger partial charge in [0.15, 0.2) is 12.4 Å². The Balaban J connectivity index is 2.31. The molecule has 0 radical (unpaired) electrons. The predicted molar refractivity (Wildman–Crippen MR) is 67.5 cm³/mol. The zero-order valence-electron chi connectivity index (χ0n) is 11.4. The minimum Gasteiger partial charge on any atom is -0.508 e. The fourth-order valence-electron chi connectivity index (χ4n) is 1.80. The fraction of sp³-hybridized carbons (Fsp3) is 0.0714. The van der Waals surface area contributed by atoms with Crippen LogP contribution in [0.3, 0.4) is 0 Å². The molecule has 10 heteroatoms. The van der Waals surface area contributed by atoms with E-state index in [1.165, 1.54) is 0 Å². The van der Waals surface area contributed by atoms with Crippen LogP contribution in [-0.4, -0.2) is 27.7 Å². The van der Waals surface area contributed by atoms with Crippen molar-refractivity contribution in [1.29, 1.82) is 0 Å². The van der Waals surface area contributed by atoms with Gasteiger partial charge in [-0.3, -0.25) is 4.79 Å². The van der Waals surface area contributed by atoms with E-state index in [2.05, 4.69) is 4.74 Å². The Hall–Kier alpha value is -3.04. The maximum atomic E-state index is 13.4. The van der Waals surface area contributed by atoms with Crippen molar-refractivity contribution in [1.82, 2.24) is 0 Å². The van der Waals surface area contributed by atoms with E-state index in [4.69, 9.17) is 5.11 Å². The highest BCUT2D eigenvalue weighted by Crippen LogP contribution is 2.33. The highest BCUT2D eigenvalue weighted by molar-refractivity contribution is 6.02. The van der Waals surface area contributed by atoms with E-state index < -0.39 is 70.0 Å². The van der Waals surface area contributed by atoms with E-state index in [9.17, 15) is 37.0 Å². The molecule has 0 aliphatic rings. The first-order valence-electron chi connectivity index (χ1n) is 6.07. The molecule has 0 spiro atoms. The van der Waals surface area contributed by atoms with Crippen LogP contribution in [0.15, 0.2) is 12.1 Å². The predicted octanol–water partition coefficient (Wildman–Crippen LogP) is 2.76. The third-order valence-electron chi connectivity index (χ3n) is 2.88. The van der Waals surface area contributed by atoms with Gasteiger partial charge >= 0.3 is 0 Å². The third-order valence-corrected chi connectivity index (χ3v) is 2.88. The topological polar surface area (TPSA) is 87.0 Å². The number of rotatable bonds is 4. The van der Waals surface area contributed by atoms with E-state index in [0.717, 1.165) is 0 Å². The lowest BCUT2D eigenvalue weighted by molar-refractivity contribution is 0.0907. The lowest BCUT2D eigenvalue weighted by Crippen LogP contribution is -2.15. The second-order valence-corrected chi connectivity index (χ2v) is 4.47. The molecule has 5 nitrogen and oxygen atoms in total. The molecular weight excluding hydrogens is 343 g/mol.